The fourth-order valence-electron chi connectivity index (χ4n) is 3.47. The molecule has 27 heavy (non-hydrogen) atoms. The van der Waals surface area contributed by atoms with E-state index in [1.165, 1.54) is 5.56 Å². The Bertz CT molecular complexity index is 956. The van der Waals surface area contributed by atoms with Crippen LogP contribution in [0.2, 0.25) is 5.15 Å². The van der Waals surface area contributed by atoms with Crippen molar-refractivity contribution in [3.63, 3.8) is 0 Å². The molecule has 0 unspecified atom stereocenters. The molecule has 1 aromatic heterocycles. The molecule has 138 valence electrons. The van der Waals surface area contributed by atoms with Gasteiger partial charge >= 0.3 is 0 Å². The summed E-state index contributed by atoms with van der Waals surface area (Å²) in [6, 6.07) is 17.9. The van der Waals surface area contributed by atoms with Gasteiger partial charge in [-0.3, -0.25) is 0 Å². The fourth-order valence-corrected chi connectivity index (χ4v) is 3.75. The third-order valence-electron chi connectivity index (χ3n) is 4.81. The molecule has 0 amide bonds. The van der Waals surface area contributed by atoms with Crippen LogP contribution >= 0.6 is 11.6 Å². The van der Waals surface area contributed by atoms with Crippen molar-refractivity contribution >= 4 is 11.6 Å². The third kappa shape index (κ3) is 3.45. The number of hydrogen-bond acceptors (Lipinski definition) is 3. The number of benzene rings is 2. The molecule has 0 saturated heterocycles. The van der Waals surface area contributed by atoms with Gasteiger partial charge in [0.2, 0.25) is 5.69 Å². The molecule has 0 radical (unpaired) electrons. The second-order valence-corrected chi connectivity index (χ2v) is 6.83. The van der Waals surface area contributed by atoms with E-state index >= 15 is 0 Å². The van der Waals surface area contributed by atoms with Gasteiger partial charge in [-0.05, 0) is 28.8 Å². The van der Waals surface area contributed by atoms with E-state index in [2.05, 4.69) is 10.6 Å². The summed E-state index contributed by atoms with van der Waals surface area (Å²) in [6.45, 7) is 1.30. The van der Waals surface area contributed by atoms with Crippen molar-refractivity contribution < 1.29 is 18.8 Å². The van der Waals surface area contributed by atoms with Crippen molar-refractivity contribution in [3.8, 4) is 28.5 Å². The van der Waals surface area contributed by atoms with E-state index < -0.39 is 0 Å². The SMILES string of the molecule is COc1cc2c(c(OC)c1)-c1cc(OCc3ccccc3)cc(Cl)[n+]1CC2. The highest BCUT2D eigenvalue weighted by atomic mass is 35.5. The first-order valence-corrected chi connectivity index (χ1v) is 9.23. The second kappa shape index (κ2) is 7.49. The van der Waals surface area contributed by atoms with Gasteiger partial charge in [0.05, 0.1) is 31.9 Å². The maximum Gasteiger partial charge on any atom is 0.279 e. The van der Waals surface area contributed by atoms with Crippen LogP contribution in [0.5, 0.6) is 17.2 Å². The van der Waals surface area contributed by atoms with Gasteiger partial charge in [-0.2, -0.15) is 4.57 Å². The van der Waals surface area contributed by atoms with Crippen molar-refractivity contribution in [2.75, 3.05) is 14.2 Å². The Hall–Kier alpha value is -2.72. The van der Waals surface area contributed by atoms with Crippen LogP contribution in [0, 0.1) is 0 Å². The van der Waals surface area contributed by atoms with Crippen molar-refractivity contribution in [1.29, 1.82) is 0 Å². The molecule has 0 atom stereocenters. The maximum absolute atomic E-state index is 6.57. The van der Waals surface area contributed by atoms with E-state index in [0.717, 1.165) is 47.0 Å². The molecule has 4 nitrogen and oxygen atoms in total. The molecule has 1 aliphatic rings. The summed E-state index contributed by atoms with van der Waals surface area (Å²) in [7, 11) is 3.34. The lowest BCUT2D eigenvalue weighted by atomic mass is 9.95. The van der Waals surface area contributed by atoms with Crippen LogP contribution in [0.15, 0.2) is 54.6 Å². The highest BCUT2D eigenvalue weighted by Gasteiger charge is 2.30. The van der Waals surface area contributed by atoms with Crippen LogP contribution in [0.3, 0.4) is 0 Å². The fraction of sp³-hybridized carbons (Fsp3) is 0.227. The van der Waals surface area contributed by atoms with Gasteiger partial charge in [0, 0.05) is 12.5 Å². The Morgan fingerprint density at radius 3 is 2.52 bits per heavy atom. The standard InChI is InChI=1S/C22H21ClNO3/c1-25-17-10-16-8-9-24-19(22(16)20(12-17)26-2)11-18(13-21(24)23)27-14-15-6-4-3-5-7-15/h3-7,10-13H,8-9,14H2,1-2H3/q+1. The molecule has 0 spiro atoms. The summed E-state index contributed by atoms with van der Waals surface area (Å²) in [6.07, 6.45) is 0.866. The number of fused-ring (bicyclic) bond motifs is 3. The van der Waals surface area contributed by atoms with E-state index in [0.29, 0.717) is 11.8 Å². The quantitative estimate of drug-likeness (QED) is 0.482. The Labute approximate surface area is 163 Å². The average molecular weight is 383 g/mol. The number of pyridine rings is 1. The zero-order valence-corrected chi connectivity index (χ0v) is 16.1. The molecule has 0 fully saturated rings. The first-order chi connectivity index (χ1) is 13.2. The number of nitrogens with zero attached hydrogens (tertiary/aromatic N) is 1. The number of aryl methyl sites for hydroxylation is 1. The summed E-state index contributed by atoms with van der Waals surface area (Å²) in [5.74, 6) is 2.30. The molecule has 0 bridgehead atoms. The summed E-state index contributed by atoms with van der Waals surface area (Å²) < 4.78 is 19.2. The van der Waals surface area contributed by atoms with Crippen LogP contribution in [0.4, 0.5) is 0 Å². The number of hydrogen-bond donors (Lipinski definition) is 0. The van der Waals surface area contributed by atoms with Crippen molar-refractivity contribution in [2.45, 2.75) is 19.6 Å². The molecular weight excluding hydrogens is 362 g/mol. The van der Waals surface area contributed by atoms with Gasteiger partial charge in [0.15, 0.2) is 6.54 Å². The number of methoxy groups -OCH3 is 2. The molecule has 4 rings (SSSR count). The molecule has 1 aliphatic heterocycles. The summed E-state index contributed by atoms with van der Waals surface area (Å²) in [4.78, 5) is 0. The number of aromatic nitrogens is 1. The van der Waals surface area contributed by atoms with E-state index in [1.807, 2.05) is 48.5 Å². The summed E-state index contributed by atoms with van der Waals surface area (Å²) in [5, 5.41) is 0.652. The lowest BCUT2D eigenvalue weighted by molar-refractivity contribution is -0.685. The van der Waals surface area contributed by atoms with Crippen LogP contribution < -0.4 is 18.8 Å². The van der Waals surface area contributed by atoms with Gasteiger partial charge in [-0.1, -0.05) is 30.3 Å². The Balaban J connectivity index is 1.74. The lowest BCUT2D eigenvalue weighted by Gasteiger charge is -2.20. The van der Waals surface area contributed by atoms with Crippen molar-refractivity contribution in [2.24, 2.45) is 0 Å². The van der Waals surface area contributed by atoms with Crippen LogP contribution in [0.1, 0.15) is 11.1 Å². The van der Waals surface area contributed by atoms with Crippen LogP contribution in [-0.2, 0) is 19.6 Å². The van der Waals surface area contributed by atoms with E-state index in [4.69, 9.17) is 25.8 Å². The number of rotatable bonds is 5. The predicted octanol–water partition coefficient (Wildman–Crippen LogP) is 4.45. The van der Waals surface area contributed by atoms with Crippen molar-refractivity contribution in [1.82, 2.24) is 0 Å². The highest BCUT2D eigenvalue weighted by Crippen LogP contribution is 2.39. The second-order valence-electron chi connectivity index (χ2n) is 6.44. The zero-order valence-electron chi connectivity index (χ0n) is 15.4. The first-order valence-electron chi connectivity index (χ1n) is 8.85. The maximum atomic E-state index is 6.57. The van der Waals surface area contributed by atoms with Gasteiger partial charge in [0.1, 0.15) is 23.9 Å². The third-order valence-corrected chi connectivity index (χ3v) is 5.12. The lowest BCUT2D eigenvalue weighted by Crippen LogP contribution is -2.41. The summed E-state index contributed by atoms with van der Waals surface area (Å²) >= 11 is 6.57. The van der Waals surface area contributed by atoms with Crippen molar-refractivity contribution in [3.05, 3.63) is 70.9 Å². The predicted molar refractivity (Wildman–Crippen MR) is 105 cm³/mol. The number of ether oxygens (including phenoxy) is 3. The van der Waals surface area contributed by atoms with Crippen LogP contribution in [-0.4, -0.2) is 14.2 Å². The zero-order chi connectivity index (χ0) is 18.8. The van der Waals surface area contributed by atoms with E-state index in [9.17, 15) is 0 Å². The highest BCUT2D eigenvalue weighted by molar-refractivity contribution is 6.28. The normalized spacial score (nSPS) is 12.1. The molecule has 0 N–H and O–H groups in total. The first kappa shape index (κ1) is 17.7. The van der Waals surface area contributed by atoms with E-state index in [-0.39, 0.29) is 0 Å². The molecular formula is C22H21ClNO3+. The van der Waals surface area contributed by atoms with E-state index in [1.54, 1.807) is 14.2 Å². The largest absolute Gasteiger partial charge is 0.497 e. The number of halogens is 1. The molecule has 0 aliphatic carbocycles. The Morgan fingerprint density at radius 1 is 0.963 bits per heavy atom. The molecule has 0 saturated carbocycles. The van der Waals surface area contributed by atoms with Gasteiger partial charge in [-0.25, -0.2) is 0 Å². The monoisotopic (exact) mass is 382 g/mol. The minimum Gasteiger partial charge on any atom is -0.497 e. The average Bonchev–Trinajstić information content (AvgIpc) is 2.71. The Morgan fingerprint density at radius 2 is 1.78 bits per heavy atom. The minimum atomic E-state index is 0.493. The van der Waals surface area contributed by atoms with Gasteiger partial charge in [0.25, 0.3) is 5.15 Å². The molecule has 2 aromatic carbocycles. The summed E-state index contributed by atoms with van der Waals surface area (Å²) in [5.41, 5.74) is 4.33. The smallest absolute Gasteiger partial charge is 0.279 e. The van der Waals surface area contributed by atoms with Gasteiger partial charge in [-0.15, -0.1) is 0 Å². The van der Waals surface area contributed by atoms with Gasteiger partial charge < -0.3 is 14.2 Å². The topological polar surface area (TPSA) is 31.6 Å². The molecule has 3 aromatic rings. The Kier molecular flexibility index (Phi) is 4.90. The molecule has 5 heteroatoms. The van der Waals surface area contributed by atoms with Crippen LogP contribution in [0.25, 0.3) is 11.3 Å². The minimum absolute atomic E-state index is 0.493. The molecule has 2 heterocycles.